The first kappa shape index (κ1) is 21.2. The molecule has 0 atom stereocenters. The van der Waals surface area contributed by atoms with Gasteiger partial charge in [0.15, 0.2) is 0 Å². The number of nitrogens with zero attached hydrogens (tertiary/aromatic N) is 6. The van der Waals surface area contributed by atoms with E-state index < -0.39 is 0 Å². The quantitative estimate of drug-likeness (QED) is 0.613. The predicted octanol–water partition coefficient (Wildman–Crippen LogP) is 2.90. The van der Waals surface area contributed by atoms with Crippen molar-refractivity contribution in [3.05, 3.63) is 41.5 Å². The molecule has 5 rings (SSSR count). The smallest absolute Gasteiger partial charge is 0.215 e. The number of aryl methyl sites for hydroxylation is 1. The molecule has 0 bridgehead atoms. The molecule has 0 saturated carbocycles. The van der Waals surface area contributed by atoms with Crippen LogP contribution in [0, 0.1) is 12.8 Å². The molecule has 0 N–H and O–H groups in total. The highest BCUT2D eigenvalue weighted by atomic mass is 16.5. The molecule has 0 radical (unpaired) electrons. The van der Waals surface area contributed by atoms with Crippen molar-refractivity contribution >= 4 is 0 Å². The largest absolute Gasteiger partial charge is 0.481 e. The van der Waals surface area contributed by atoms with Gasteiger partial charge >= 0.3 is 0 Å². The maximum atomic E-state index is 5.79. The van der Waals surface area contributed by atoms with Crippen LogP contribution in [-0.2, 0) is 24.1 Å². The normalized spacial score (nSPS) is 17.8. The monoisotopic (exact) mass is 436 g/mol. The predicted molar refractivity (Wildman–Crippen MR) is 122 cm³/mol. The molecule has 1 fully saturated rings. The molecule has 3 aromatic rings. The minimum absolute atomic E-state index is 0.651. The van der Waals surface area contributed by atoms with E-state index in [1.807, 2.05) is 19.3 Å². The van der Waals surface area contributed by atoms with E-state index in [0.29, 0.717) is 25.0 Å². The fourth-order valence-corrected chi connectivity index (χ4v) is 4.87. The van der Waals surface area contributed by atoms with Crippen LogP contribution in [-0.4, -0.2) is 69.9 Å². The third-order valence-corrected chi connectivity index (χ3v) is 6.71. The average molecular weight is 437 g/mol. The Morgan fingerprint density at radius 1 is 1.16 bits per heavy atom. The van der Waals surface area contributed by atoms with Crippen LogP contribution >= 0.6 is 0 Å². The van der Waals surface area contributed by atoms with Crippen molar-refractivity contribution < 1.29 is 9.47 Å². The van der Waals surface area contributed by atoms with Crippen molar-refractivity contribution in [1.82, 2.24) is 29.4 Å². The Morgan fingerprint density at radius 3 is 2.75 bits per heavy atom. The van der Waals surface area contributed by atoms with E-state index in [2.05, 4.69) is 43.7 Å². The maximum Gasteiger partial charge on any atom is 0.215 e. The third-order valence-electron chi connectivity index (χ3n) is 6.71. The molecule has 0 aromatic carbocycles. The molecule has 8 heteroatoms. The van der Waals surface area contributed by atoms with Crippen molar-refractivity contribution in [2.24, 2.45) is 5.92 Å². The second-order valence-corrected chi connectivity index (χ2v) is 9.02. The van der Waals surface area contributed by atoms with Crippen molar-refractivity contribution in [3.63, 3.8) is 0 Å². The van der Waals surface area contributed by atoms with Crippen LogP contribution in [0.2, 0.25) is 0 Å². The minimum Gasteiger partial charge on any atom is -0.481 e. The fraction of sp³-hybridized carbons (Fsp3) is 0.542. The summed E-state index contributed by atoms with van der Waals surface area (Å²) in [5.74, 6) is 1.34. The number of methoxy groups -OCH3 is 1. The first-order valence-corrected chi connectivity index (χ1v) is 11.5. The van der Waals surface area contributed by atoms with E-state index in [1.165, 1.54) is 37.2 Å². The minimum atomic E-state index is 0.651. The Bertz CT molecular complexity index is 1080. The summed E-state index contributed by atoms with van der Waals surface area (Å²) in [6, 6.07) is 2.11. The van der Waals surface area contributed by atoms with Crippen LogP contribution in [0.4, 0.5) is 0 Å². The van der Waals surface area contributed by atoms with E-state index in [0.717, 1.165) is 41.9 Å². The molecule has 170 valence electrons. The Balaban J connectivity index is 1.47. The molecule has 2 aliphatic rings. The standard InChI is InChI=1S/C24H32N6O2/c1-17-12-19(13-25-24(17)31-3)23-21-6-10-32-11-7-22(21)30(27-23)20-14-26-29(16-20)15-18-4-8-28(2)9-5-18/h12-14,16,18H,4-11,15H2,1-3H3. The summed E-state index contributed by atoms with van der Waals surface area (Å²) in [6.45, 7) is 6.75. The molecule has 8 nitrogen and oxygen atoms in total. The van der Waals surface area contributed by atoms with Crippen LogP contribution in [0.15, 0.2) is 24.7 Å². The molecule has 32 heavy (non-hydrogen) atoms. The highest BCUT2D eigenvalue weighted by molar-refractivity contribution is 5.65. The Hall–Kier alpha value is -2.71. The number of hydrogen-bond acceptors (Lipinski definition) is 6. The molecular formula is C24H32N6O2. The van der Waals surface area contributed by atoms with Crippen LogP contribution < -0.4 is 4.74 Å². The number of aromatic nitrogens is 5. The summed E-state index contributed by atoms with van der Waals surface area (Å²) >= 11 is 0. The lowest BCUT2D eigenvalue weighted by Gasteiger charge is -2.28. The molecule has 0 aliphatic carbocycles. The van der Waals surface area contributed by atoms with E-state index in [4.69, 9.17) is 14.6 Å². The van der Waals surface area contributed by atoms with Gasteiger partial charge in [0.25, 0.3) is 0 Å². The highest BCUT2D eigenvalue weighted by Gasteiger charge is 2.24. The first-order valence-electron chi connectivity index (χ1n) is 11.5. The lowest BCUT2D eigenvalue weighted by Crippen LogP contribution is -2.31. The maximum absolute atomic E-state index is 5.79. The third kappa shape index (κ3) is 4.17. The summed E-state index contributed by atoms with van der Waals surface area (Å²) < 4.78 is 15.3. The van der Waals surface area contributed by atoms with Gasteiger partial charge in [-0.25, -0.2) is 9.67 Å². The van der Waals surface area contributed by atoms with Gasteiger partial charge in [0.1, 0.15) is 5.69 Å². The molecule has 1 saturated heterocycles. The number of likely N-dealkylation sites (tertiary alicyclic amines) is 1. The summed E-state index contributed by atoms with van der Waals surface area (Å²) in [6.07, 6.45) is 10.1. The van der Waals surface area contributed by atoms with Gasteiger partial charge in [0.05, 0.1) is 44.1 Å². The van der Waals surface area contributed by atoms with E-state index in [1.54, 1.807) is 7.11 Å². The summed E-state index contributed by atoms with van der Waals surface area (Å²) in [7, 11) is 3.85. The molecule has 0 spiro atoms. The van der Waals surface area contributed by atoms with Gasteiger partial charge in [-0.3, -0.25) is 4.68 Å². The van der Waals surface area contributed by atoms with Crippen molar-refractivity contribution in [2.45, 2.75) is 39.2 Å². The van der Waals surface area contributed by atoms with Crippen LogP contribution in [0.5, 0.6) is 5.88 Å². The zero-order chi connectivity index (χ0) is 22.1. The van der Waals surface area contributed by atoms with Crippen molar-refractivity contribution in [1.29, 1.82) is 0 Å². The first-order chi connectivity index (χ1) is 15.6. The van der Waals surface area contributed by atoms with Gasteiger partial charge in [0, 0.05) is 35.9 Å². The molecule has 0 amide bonds. The highest BCUT2D eigenvalue weighted by Crippen LogP contribution is 2.31. The van der Waals surface area contributed by atoms with Crippen LogP contribution in [0.3, 0.4) is 0 Å². The number of ether oxygens (including phenoxy) is 2. The Morgan fingerprint density at radius 2 is 1.97 bits per heavy atom. The molecular weight excluding hydrogens is 404 g/mol. The summed E-state index contributed by atoms with van der Waals surface area (Å²) in [5, 5.41) is 9.74. The number of hydrogen-bond donors (Lipinski definition) is 0. The van der Waals surface area contributed by atoms with Gasteiger partial charge in [-0.05, 0) is 58.3 Å². The van der Waals surface area contributed by atoms with Gasteiger partial charge in [-0.2, -0.15) is 10.2 Å². The zero-order valence-corrected chi connectivity index (χ0v) is 19.3. The lowest BCUT2D eigenvalue weighted by atomic mass is 9.97. The van der Waals surface area contributed by atoms with E-state index in [9.17, 15) is 0 Å². The van der Waals surface area contributed by atoms with E-state index >= 15 is 0 Å². The van der Waals surface area contributed by atoms with Gasteiger partial charge in [-0.15, -0.1) is 0 Å². The molecule has 3 aromatic heterocycles. The Labute approximate surface area is 189 Å². The second-order valence-electron chi connectivity index (χ2n) is 9.02. The number of piperidine rings is 1. The van der Waals surface area contributed by atoms with Gasteiger partial charge in [-0.1, -0.05) is 0 Å². The van der Waals surface area contributed by atoms with Gasteiger partial charge in [0.2, 0.25) is 5.88 Å². The number of rotatable bonds is 5. The number of pyridine rings is 1. The van der Waals surface area contributed by atoms with E-state index in [-0.39, 0.29) is 0 Å². The Kier molecular flexibility index (Phi) is 5.97. The average Bonchev–Trinajstić information content (AvgIpc) is 3.32. The zero-order valence-electron chi connectivity index (χ0n) is 19.3. The SMILES string of the molecule is COc1ncc(-c2nn(-c3cnn(CC4CCN(C)CC4)c3)c3c2CCOCC3)cc1C. The molecule has 2 aliphatic heterocycles. The lowest BCUT2D eigenvalue weighted by molar-refractivity contribution is 0.145. The number of fused-ring (bicyclic) bond motifs is 1. The topological polar surface area (TPSA) is 70.2 Å². The van der Waals surface area contributed by atoms with Crippen molar-refractivity contribution in [2.75, 3.05) is 40.5 Å². The van der Waals surface area contributed by atoms with Crippen LogP contribution in [0.1, 0.15) is 29.7 Å². The molecule has 0 unspecified atom stereocenters. The van der Waals surface area contributed by atoms with Gasteiger partial charge < -0.3 is 14.4 Å². The fourth-order valence-electron chi connectivity index (χ4n) is 4.87. The summed E-state index contributed by atoms with van der Waals surface area (Å²) in [4.78, 5) is 6.89. The summed E-state index contributed by atoms with van der Waals surface area (Å²) in [5.41, 5.74) is 6.47. The molecule has 5 heterocycles. The van der Waals surface area contributed by atoms with Crippen LogP contribution in [0.25, 0.3) is 16.9 Å². The second kappa shape index (κ2) is 9.03. The van der Waals surface area contributed by atoms with Crippen molar-refractivity contribution in [3.8, 4) is 22.8 Å².